The van der Waals surface area contributed by atoms with E-state index in [0.29, 0.717) is 26.7 Å². The molecule has 4 rings (SSSR count). The largest absolute Gasteiger partial charge is 0.496 e. The number of aromatic nitrogens is 1. The Morgan fingerprint density at radius 1 is 1.15 bits per heavy atom. The zero-order valence-corrected chi connectivity index (χ0v) is 14.9. The molecule has 1 heterocycles. The van der Waals surface area contributed by atoms with Crippen molar-refractivity contribution in [3.63, 3.8) is 0 Å². The minimum Gasteiger partial charge on any atom is -0.496 e. The Morgan fingerprint density at radius 3 is 2.59 bits per heavy atom. The monoisotopic (exact) mass is 379 g/mol. The smallest absolute Gasteiger partial charge is 0.270 e. The van der Waals surface area contributed by atoms with Crippen LogP contribution in [0.1, 0.15) is 10.4 Å². The van der Waals surface area contributed by atoms with Gasteiger partial charge in [0.05, 0.1) is 27.8 Å². The molecule has 0 fully saturated rings. The molecule has 8 heteroatoms. The average Bonchev–Trinajstić information content (AvgIpc) is 3.08. The van der Waals surface area contributed by atoms with Gasteiger partial charge in [-0.3, -0.25) is 20.2 Å². The number of rotatable bonds is 4. The minimum atomic E-state index is -0.461. The first kappa shape index (κ1) is 16.9. The van der Waals surface area contributed by atoms with Gasteiger partial charge in [0.15, 0.2) is 5.13 Å². The first-order valence-corrected chi connectivity index (χ1v) is 8.80. The number of carbonyl (C=O) groups is 1. The summed E-state index contributed by atoms with van der Waals surface area (Å²) in [6, 6.07) is 15.7. The highest BCUT2D eigenvalue weighted by molar-refractivity contribution is 7.22. The van der Waals surface area contributed by atoms with E-state index < -0.39 is 4.92 Å². The number of benzene rings is 3. The zero-order valence-electron chi connectivity index (χ0n) is 14.1. The highest BCUT2D eigenvalue weighted by Gasteiger charge is 2.17. The summed E-state index contributed by atoms with van der Waals surface area (Å²) in [4.78, 5) is 27.5. The third kappa shape index (κ3) is 3.18. The topological polar surface area (TPSA) is 94.4 Å². The number of hydrogen-bond acceptors (Lipinski definition) is 6. The number of nitro benzene ring substituents is 1. The second-order valence-electron chi connectivity index (χ2n) is 5.78. The lowest BCUT2D eigenvalue weighted by Gasteiger charge is -2.09. The minimum absolute atomic E-state index is 0.0137. The quantitative estimate of drug-likeness (QED) is 0.412. The SMILES string of the molecule is COc1cc2ccccc2cc1C(=O)Nc1nc2ccc([N+](=O)[O-])cc2s1. The molecule has 0 aliphatic carbocycles. The van der Waals surface area contributed by atoms with Gasteiger partial charge in [0, 0.05) is 12.1 Å². The summed E-state index contributed by atoms with van der Waals surface area (Å²) >= 11 is 1.18. The number of thiazole rings is 1. The molecule has 4 aromatic rings. The van der Waals surface area contributed by atoms with Crippen molar-refractivity contribution in [3.8, 4) is 5.75 Å². The number of non-ortho nitro benzene ring substituents is 1. The molecule has 0 spiro atoms. The maximum Gasteiger partial charge on any atom is 0.270 e. The van der Waals surface area contributed by atoms with E-state index in [1.54, 1.807) is 12.1 Å². The van der Waals surface area contributed by atoms with E-state index >= 15 is 0 Å². The Balaban J connectivity index is 1.68. The summed E-state index contributed by atoms with van der Waals surface area (Å²) in [7, 11) is 1.51. The normalized spacial score (nSPS) is 10.9. The first-order chi connectivity index (χ1) is 13.0. The van der Waals surface area contributed by atoms with Gasteiger partial charge in [-0.1, -0.05) is 35.6 Å². The number of anilines is 1. The van der Waals surface area contributed by atoms with E-state index in [1.807, 2.05) is 30.3 Å². The average molecular weight is 379 g/mol. The van der Waals surface area contributed by atoms with Crippen molar-refractivity contribution in [3.05, 3.63) is 70.3 Å². The Hall–Kier alpha value is -3.52. The summed E-state index contributed by atoms with van der Waals surface area (Å²) in [5.41, 5.74) is 0.966. The predicted molar refractivity (Wildman–Crippen MR) is 105 cm³/mol. The molecule has 134 valence electrons. The molecule has 0 aliphatic heterocycles. The molecule has 0 bridgehead atoms. The van der Waals surface area contributed by atoms with Crippen LogP contribution in [-0.2, 0) is 0 Å². The number of carbonyl (C=O) groups excluding carboxylic acids is 1. The Labute approximate surface area is 157 Å². The molecular weight excluding hydrogens is 366 g/mol. The molecule has 1 N–H and O–H groups in total. The number of methoxy groups -OCH3 is 1. The maximum absolute atomic E-state index is 12.8. The maximum atomic E-state index is 12.8. The van der Waals surface area contributed by atoms with Crippen molar-refractivity contribution in [2.45, 2.75) is 0 Å². The Bertz CT molecular complexity index is 1200. The van der Waals surface area contributed by atoms with Crippen LogP contribution in [0.4, 0.5) is 10.8 Å². The van der Waals surface area contributed by atoms with Gasteiger partial charge < -0.3 is 4.74 Å². The van der Waals surface area contributed by atoms with E-state index in [9.17, 15) is 14.9 Å². The number of amides is 1. The molecule has 0 atom stereocenters. The summed E-state index contributed by atoms with van der Waals surface area (Å²) in [5.74, 6) is 0.106. The number of hydrogen-bond donors (Lipinski definition) is 1. The third-order valence-electron chi connectivity index (χ3n) is 4.12. The van der Waals surface area contributed by atoms with E-state index in [1.165, 1.54) is 30.6 Å². The van der Waals surface area contributed by atoms with Crippen LogP contribution in [0, 0.1) is 10.1 Å². The second kappa shape index (κ2) is 6.65. The standard InChI is InChI=1S/C19H13N3O4S/c1-26-16-9-12-5-3-2-4-11(12)8-14(16)18(23)21-19-20-15-7-6-13(22(24)25)10-17(15)27-19/h2-10H,1H3,(H,20,21,23). The van der Waals surface area contributed by atoms with Crippen LogP contribution in [0.2, 0.25) is 0 Å². The molecule has 0 aliphatic rings. The van der Waals surface area contributed by atoms with Gasteiger partial charge in [-0.25, -0.2) is 4.98 Å². The van der Waals surface area contributed by atoms with Crippen LogP contribution in [0.25, 0.3) is 21.0 Å². The van der Waals surface area contributed by atoms with Gasteiger partial charge in [0.1, 0.15) is 5.75 Å². The summed E-state index contributed by atoms with van der Waals surface area (Å²) in [5, 5.41) is 15.9. The van der Waals surface area contributed by atoms with E-state index in [0.717, 1.165) is 10.8 Å². The molecule has 1 amide bonds. The van der Waals surface area contributed by atoms with Gasteiger partial charge in [-0.05, 0) is 29.0 Å². The molecule has 3 aromatic carbocycles. The number of nitrogens with zero attached hydrogens (tertiary/aromatic N) is 2. The molecular formula is C19H13N3O4S. The van der Waals surface area contributed by atoms with Crippen LogP contribution in [0.3, 0.4) is 0 Å². The summed E-state index contributed by atoms with van der Waals surface area (Å²) in [6.07, 6.45) is 0. The summed E-state index contributed by atoms with van der Waals surface area (Å²) in [6.45, 7) is 0. The van der Waals surface area contributed by atoms with Crippen molar-refractivity contribution < 1.29 is 14.5 Å². The number of nitro groups is 1. The van der Waals surface area contributed by atoms with Crippen LogP contribution < -0.4 is 10.1 Å². The summed E-state index contributed by atoms with van der Waals surface area (Å²) < 4.78 is 5.99. The van der Waals surface area contributed by atoms with Gasteiger partial charge in [0.2, 0.25) is 0 Å². The zero-order chi connectivity index (χ0) is 19.0. The first-order valence-electron chi connectivity index (χ1n) is 7.98. The lowest BCUT2D eigenvalue weighted by molar-refractivity contribution is -0.384. The highest BCUT2D eigenvalue weighted by Crippen LogP contribution is 2.31. The van der Waals surface area contributed by atoms with Crippen molar-refractivity contribution in [2.75, 3.05) is 12.4 Å². The molecule has 1 aromatic heterocycles. The molecule has 0 saturated carbocycles. The number of ether oxygens (including phenoxy) is 1. The number of fused-ring (bicyclic) bond motifs is 2. The van der Waals surface area contributed by atoms with Crippen molar-refractivity contribution in [2.24, 2.45) is 0 Å². The molecule has 0 radical (unpaired) electrons. The van der Waals surface area contributed by atoms with Gasteiger partial charge >= 0.3 is 0 Å². The van der Waals surface area contributed by atoms with E-state index in [2.05, 4.69) is 10.3 Å². The van der Waals surface area contributed by atoms with Gasteiger partial charge in [0.25, 0.3) is 11.6 Å². The van der Waals surface area contributed by atoms with Gasteiger partial charge in [-0.2, -0.15) is 0 Å². The van der Waals surface area contributed by atoms with Crippen molar-refractivity contribution >= 4 is 49.1 Å². The van der Waals surface area contributed by atoms with Crippen LogP contribution >= 0.6 is 11.3 Å². The second-order valence-corrected chi connectivity index (χ2v) is 6.81. The van der Waals surface area contributed by atoms with Crippen molar-refractivity contribution in [1.29, 1.82) is 0 Å². The number of nitrogens with one attached hydrogen (secondary N) is 1. The predicted octanol–water partition coefficient (Wildman–Crippen LogP) is 4.62. The van der Waals surface area contributed by atoms with Crippen LogP contribution in [0.5, 0.6) is 5.75 Å². The van der Waals surface area contributed by atoms with Crippen LogP contribution in [0.15, 0.2) is 54.6 Å². The molecule has 7 nitrogen and oxygen atoms in total. The van der Waals surface area contributed by atoms with Crippen LogP contribution in [-0.4, -0.2) is 22.9 Å². The fraction of sp³-hybridized carbons (Fsp3) is 0.0526. The highest BCUT2D eigenvalue weighted by atomic mass is 32.1. The molecule has 0 unspecified atom stereocenters. The lowest BCUT2D eigenvalue weighted by atomic mass is 10.1. The lowest BCUT2D eigenvalue weighted by Crippen LogP contribution is -2.13. The molecule has 27 heavy (non-hydrogen) atoms. The van der Waals surface area contributed by atoms with Crippen molar-refractivity contribution in [1.82, 2.24) is 4.98 Å². The Kier molecular flexibility index (Phi) is 4.17. The molecule has 0 saturated heterocycles. The van der Waals surface area contributed by atoms with E-state index in [4.69, 9.17) is 4.74 Å². The fourth-order valence-corrected chi connectivity index (χ4v) is 3.70. The third-order valence-corrected chi connectivity index (χ3v) is 5.05. The van der Waals surface area contributed by atoms with E-state index in [-0.39, 0.29) is 11.6 Å². The van der Waals surface area contributed by atoms with Gasteiger partial charge in [-0.15, -0.1) is 0 Å². The Morgan fingerprint density at radius 2 is 1.89 bits per heavy atom. The fourth-order valence-electron chi connectivity index (χ4n) is 2.81.